The molecular weight excluding hydrogens is 793 g/mol. The number of nitrogens with one attached hydrogen (secondary N) is 1. The molecule has 0 unspecified atom stereocenters. The number of esters is 1. The largest absolute Gasteiger partial charge is 0.493 e. The summed E-state index contributed by atoms with van der Waals surface area (Å²) in [5, 5.41) is 4.22. The maximum absolute atomic E-state index is 13.6. The van der Waals surface area contributed by atoms with Gasteiger partial charge in [0, 0.05) is 34.9 Å². The number of allylic oxidation sites excluding steroid dienone is 1. The number of nitrogens with zero attached hydrogens (tertiary/aromatic N) is 1. The van der Waals surface area contributed by atoms with E-state index < -0.39 is 17.9 Å². The molecule has 0 spiro atoms. The van der Waals surface area contributed by atoms with E-state index in [1.54, 1.807) is 40.6 Å². The molecule has 1 aliphatic carbocycles. The molecule has 5 aromatic rings. The molecule has 13 nitrogen and oxygen atoms in total. The van der Waals surface area contributed by atoms with Crippen LogP contribution in [0.25, 0.3) is 17.0 Å². The third-order valence-corrected chi connectivity index (χ3v) is 12.0. The number of aryl methyl sites for hydroxylation is 2. The fourth-order valence-electron chi connectivity index (χ4n) is 9.08. The highest BCUT2D eigenvalue weighted by Gasteiger charge is 2.53. The number of para-hydroxylation sites is 1. The lowest BCUT2D eigenvalue weighted by atomic mass is 9.65. The average Bonchev–Trinajstić information content (AvgIpc) is 3.91. The van der Waals surface area contributed by atoms with Crippen LogP contribution in [0.1, 0.15) is 81.5 Å². The second kappa shape index (κ2) is 18.1. The number of hydrogen-bond acceptors (Lipinski definition) is 12. The first-order valence-corrected chi connectivity index (χ1v) is 20.7. The summed E-state index contributed by atoms with van der Waals surface area (Å²) in [6.07, 6.45) is 5.71. The predicted molar refractivity (Wildman–Crippen MR) is 231 cm³/mol. The Kier molecular flexibility index (Phi) is 12.2. The van der Waals surface area contributed by atoms with Crippen LogP contribution in [0.3, 0.4) is 0 Å². The van der Waals surface area contributed by atoms with Crippen LogP contribution < -0.4 is 38.5 Å². The Morgan fingerprint density at radius 2 is 1.53 bits per heavy atom. The smallest absolute Gasteiger partial charge is 0.310 e. The summed E-state index contributed by atoms with van der Waals surface area (Å²) in [7, 11) is 6.22. The quantitative estimate of drug-likeness (QED) is 0.0441. The number of carbonyl (C=O) groups is 3. The molecule has 4 aromatic carbocycles. The van der Waals surface area contributed by atoms with E-state index in [0.29, 0.717) is 71.0 Å². The fraction of sp³-hybridized carbons (Fsp3) is 0.347. The SMILES string of the molecule is COc1cc(/C=C/C(=O)c2c(C)nc3ccccc3c2C)ccc1OCCCCCC(=O)N[C@@H]1c2cc3c(cc2[C@@H](c2cc(OC)c(OC)c(OC)c2)[C@H]2C(=O)OC[C@@H]21)OCO3. The number of unbranched alkanes of at least 4 members (excludes halogenated alkanes) is 2. The van der Waals surface area contributed by atoms with Crippen LogP contribution in [0, 0.1) is 25.7 Å². The van der Waals surface area contributed by atoms with Crippen molar-refractivity contribution in [3.63, 3.8) is 0 Å². The van der Waals surface area contributed by atoms with E-state index in [0.717, 1.165) is 45.1 Å². The van der Waals surface area contributed by atoms with Gasteiger partial charge in [-0.2, -0.15) is 0 Å². The standard InChI is InChI=1S/C49H50N2O11/c1-27-31-12-9-10-13-35(31)50-28(2)44(27)36(52)17-15-29-16-18-37(38(20-29)55-3)59-19-11-7-8-14-43(53)51-47-33-24-40-39(61-26-62-40)23-32(33)45(46-34(47)25-60-49(46)54)30-21-41(56-4)48(58-6)42(22-30)57-5/h9-10,12-13,15-18,20-24,34,45-47H,7-8,11,14,19,25-26H2,1-6H3,(H,51,53)/b17-15+/t34-,45+,46-,47+/m0/s1. The first kappa shape index (κ1) is 42.0. The predicted octanol–water partition coefficient (Wildman–Crippen LogP) is 8.24. The number of cyclic esters (lactones) is 1. The van der Waals surface area contributed by atoms with E-state index in [9.17, 15) is 14.4 Å². The van der Waals surface area contributed by atoms with Crippen molar-refractivity contribution in [2.45, 2.75) is 51.5 Å². The number of rotatable bonds is 16. The highest BCUT2D eigenvalue weighted by molar-refractivity contribution is 6.10. The van der Waals surface area contributed by atoms with Gasteiger partial charge in [-0.25, -0.2) is 0 Å². The van der Waals surface area contributed by atoms with Gasteiger partial charge in [-0.1, -0.05) is 30.3 Å². The molecular formula is C49H50N2O11. The van der Waals surface area contributed by atoms with Crippen molar-refractivity contribution in [2.75, 3.05) is 48.4 Å². The highest BCUT2D eigenvalue weighted by atomic mass is 16.7. The number of aromatic nitrogens is 1. The molecule has 4 atom stereocenters. The van der Waals surface area contributed by atoms with Crippen molar-refractivity contribution in [2.24, 2.45) is 11.8 Å². The Bertz CT molecular complexity index is 2540. The summed E-state index contributed by atoms with van der Waals surface area (Å²) in [6.45, 7) is 4.47. The normalized spacial score (nSPS) is 18.5. The number of benzene rings is 4. The monoisotopic (exact) mass is 842 g/mol. The van der Waals surface area contributed by atoms with Crippen molar-refractivity contribution < 1.29 is 52.3 Å². The van der Waals surface area contributed by atoms with Gasteiger partial charge in [0.05, 0.1) is 59.1 Å². The zero-order valence-electron chi connectivity index (χ0n) is 35.7. The molecule has 2 aliphatic heterocycles. The van der Waals surface area contributed by atoms with Gasteiger partial charge in [-0.3, -0.25) is 19.4 Å². The summed E-state index contributed by atoms with van der Waals surface area (Å²) in [6, 6.07) is 20.4. The van der Waals surface area contributed by atoms with Crippen LogP contribution in [0.5, 0.6) is 40.2 Å². The van der Waals surface area contributed by atoms with Gasteiger partial charge in [0.15, 0.2) is 40.3 Å². The third kappa shape index (κ3) is 8.06. The molecule has 0 bridgehead atoms. The Morgan fingerprint density at radius 1 is 0.806 bits per heavy atom. The molecule has 8 rings (SSSR count). The number of ketones is 1. The van der Waals surface area contributed by atoms with Crippen molar-refractivity contribution in [1.82, 2.24) is 10.3 Å². The number of hydrogen-bond donors (Lipinski definition) is 1. The van der Waals surface area contributed by atoms with Crippen molar-refractivity contribution >= 4 is 34.6 Å². The van der Waals surface area contributed by atoms with Crippen LogP contribution >= 0.6 is 0 Å². The van der Waals surface area contributed by atoms with Crippen LogP contribution in [0.15, 0.2) is 72.8 Å². The Morgan fingerprint density at radius 3 is 2.26 bits per heavy atom. The van der Waals surface area contributed by atoms with Crippen molar-refractivity contribution in [3.8, 4) is 40.2 Å². The van der Waals surface area contributed by atoms with Crippen LogP contribution in [-0.4, -0.2) is 71.1 Å². The number of carbonyl (C=O) groups excluding carboxylic acids is 3. The summed E-state index contributed by atoms with van der Waals surface area (Å²) in [5.74, 6) is 1.67. The summed E-state index contributed by atoms with van der Waals surface area (Å²) < 4.78 is 45.9. The second-order valence-electron chi connectivity index (χ2n) is 15.6. The lowest BCUT2D eigenvalue weighted by Gasteiger charge is -2.39. The number of amides is 1. The van der Waals surface area contributed by atoms with Crippen LogP contribution in [0.2, 0.25) is 0 Å². The van der Waals surface area contributed by atoms with Gasteiger partial charge in [-0.05, 0) is 109 Å². The van der Waals surface area contributed by atoms with E-state index in [2.05, 4.69) is 10.3 Å². The lowest BCUT2D eigenvalue weighted by Crippen LogP contribution is -2.42. The maximum Gasteiger partial charge on any atom is 0.310 e. The number of methoxy groups -OCH3 is 4. The van der Waals surface area contributed by atoms with E-state index in [1.807, 2.05) is 80.6 Å². The number of pyridine rings is 1. The van der Waals surface area contributed by atoms with Crippen LogP contribution in [0.4, 0.5) is 0 Å². The molecule has 1 aromatic heterocycles. The first-order chi connectivity index (χ1) is 30.1. The van der Waals surface area contributed by atoms with Gasteiger partial charge in [-0.15, -0.1) is 0 Å². The summed E-state index contributed by atoms with van der Waals surface area (Å²) >= 11 is 0. The van der Waals surface area contributed by atoms with E-state index >= 15 is 0 Å². The first-order valence-electron chi connectivity index (χ1n) is 20.7. The minimum absolute atomic E-state index is 0.0748. The minimum Gasteiger partial charge on any atom is -0.493 e. The zero-order chi connectivity index (χ0) is 43.5. The van der Waals surface area contributed by atoms with Gasteiger partial charge in [0.1, 0.15) is 0 Å². The summed E-state index contributed by atoms with van der Waals surface area (Å²) in [4.78, 5) is 45.1. The minimum atomic E-state index is -0.598. The molecule has 3 aliphatic rings. The van der Waals surface area contributed by atoms with E-state index in [-0.39, 0.29) is 43.4 Å². The molecule has 1 saturated heterocycles. The topological polar surface area (TPSA) is 150 Å². The number of ether oxygens (including phenoxy) is 8. The molecule has 1 N–H and O–H groups in total. The van der Waals surface area contributed by atoms with Crippen LogP contribution in [-0.2, 0) is 14.3 Å². The zero-order valence-corrected chi connectivity index (χ0v) is 35.7. The molecule has 0 saturated carbocycles. The van der Waals surface area contributed by atoms with Crippen molar-refractivity contribution in [3.05, 3.63) is 112 Å². The molecule has 62 heavy (non-hydrogen) atoms. The molecule has 3 heterocycles. The van der Waals surface area contributed by atoms with Crippen molar-refractivity contribution in [1.29, 1.82) is 0 Å². The Hall–Kier alpha value is -6.76. The average molecular weight is 843 g/mol. The molecule has 1 amide bonds. The fourth-order valence-corrected chi connectivity index (χ4v) is 9.08. The maximum atomic E-state index is 13.6. The van der Waals surface area contributed by atoms with E-state index in [4.69, 9.17) is 37.9 Å². The molecule has 1 fully saturated rings. The molecule has 13 heteroatoms. The second-order valence-corrected chi connectivity index (χ2v) is 15.6. The van der Waals surface area contributed by atoms with Gasteiger partial charge >= 0.3 is 5.97 Å². The molecule has 322 valence electrons. The highest BCUT2D eigenvalue weighted by Crippen LogP contribution is 2.55. The van der Waals surface area contributed by atoms with E-state index in [1.165, 1.54) is 0 Å². The lowest BCUT2D eigenvalue weighted by molar-refractivity contribution is -0.141. The van der Waals surface area contributed by atoms with Gasteiger partial charge in [0.2, 0.25) is 18.4 Å². The Balaban J connectivity index is 0.892. The number of fused-ring (bicyclic) bond motifs is 4. The Labute approximate surface area is 360 Å². The summed E-state index contributed by atoms with van der Waals surface area (Å²) in [5.41, 5.74) is 6.30. The molecule has 0 radical (unpaired) electrons. The van der Waals surface area contributed by atoms with Gasteiger partial charge in [0.25, 0.3) is 0 Å². The third-order valence-electron chi connectivity index (χ3n) is 12.0. The van der Waals surface area contributed by atoms with Gasteiger partial charge < -0.3 is 43.2 Å².